The quantitative estimate of drug-likeness (QED) is 0.177. The van der Waals surface area contributed by atoms with Crippen LogP contribution in [0.4, 0.5) is 5.69 Å². The zero-order chi connectivity index (χ0) is 28.6. The maximum absolute atomic E-state index is 13.8. The van der Waals surface area contributed by atoms with Crippen molar-refractivity contribution >= 4 is 40.7 Å². The van der Waals surface area contributed by atoms with E-state index >= 15 is 0 Å². The lowest BCUT2D eigenvalue weighted by molar-refractivity contribution is -0.384. The van der Waals surface area contributed by atoms with E-state index in [9.17, 15) is 19.7 Å². The highest BCUT2D eigenvalue weighted by atomic mass is 35.5. The number of thiazole rings is 1. The van der Waals surface area contributed by atoms with E-state index in [2.05, 4.69) is 4.99 Å². The van der Waals surface area contributed by atoms with Crippen molar-refractivity contribution in [3.05, 3.63) is 112 Å². The van der Waals surface area contributed by atoms with Crippen molar-refractivity contribution in [3.8, 4) is 17.1 Å². The van der Waals surface area contributed by atoms with Crippen LogP contribution in [0.25, 0.3) is 17.4 Å². The molecule has 1 aliphatic rings. The number of carbonyl (C=O) groups is 1. The van der Waals surface area contributed by atoms with Crippen LogP contribution in [-0.4, -0.2) is 29.2 Å². The summed E-state index contributed by atoms with van der Waals surface area (Å²) < 4.78 is 18.3. The second-order valence-electron chi connectivity index (χ2n) is 8.70. The number of benzene rings is 2. The maximum Gasteiger partial charge on any atom is 0.338 e. The molecule has 12 heteroatoms. The summed E-state index contributed by atoms with van der Waals surface area (Å²) >= 11 is 7.41. The van der Waals surface area contributed by atoms with E-state index < -0.39 is 16.9 Å². The second kappa shape index (κ2) is 10.9. The summed E-state index contributed by atoms with van der Waals surface area (Å²) in [4.78, 5) is 42.4. The first kappa shape index (κ1) is 27.1. The van der Waals surface area contributed by atoms with E-state index in [4.69, 9.17) is 25.5 Å². The molecule has 0 fully saturated rings. The van der Waals surface area contributed by atoms with E-state index in [-0.39, 0.29) is 28.4 Å². The number of nitro groups is 1. The molecule has 0 aliphatic carbocycles. The van der Waals surface area contributed by atoms with E-state index in [0.717, 1.165) is 11.3 Å². The smallest absolute Gasteiger partial charge is 0.338 e. The third-order valence-corrected chi connectivity index (χ3v) is 7.59. The van der Waals surface area contributed by atoms with E-state index in [1.165, 1.54) is 22.8 Å². The van der Waals surface area contributed by atoms with Gasteiger partial charge in [-0.15, -0.1) is 0 Å². The summed E-state index contributed by atoms with van der Waals surface area (Å²) in [6.07, 6.45) is 1.56. The van der Waals surface area contributed by atoms with Gasteiger partial charge >= 0.3 is 5.97 Å². The van der Waals surface area contributed by atoms with Crippen molar-refractivity contribution in [1.29, 1.82) is 0 Å². The first-order valence-corrected chi connectivity index (χ1v) is 13.3. The van der Waals surface area contributed by atoms with Gasteiger partial charge in [0.2, 0.25) is 0 Å². The Hall–Kier alpha value is -4.48. The van der Waals surface area contributed by atoms with Gasteiger partial charge < -0.3 is 13.9 Å². The number of hydrogen-bond acceptors (Lipinski definition) is 9. The Balaban J connectivity index is 1.62. The van der Waals surface area contributed by atoms with Gasteiger partial charge in [-0.3, -0.25) is 19.5 Å². The Kier molecular flexibility index (Phi) is 7.42. The number of esters is 1. The minimum atomic E-state index is -0.765. The van der Waals surface area contributed by atoms with Crippen LogP contribution >= 0.6 is 22.9 Å². The largest absolute Gasteiger partial charge is 0.497 e. The van der Waals surface area contributed by atoms with E-state index in [0.29, 0.717) is 43.4 Å². The van der Waals surface area contributed by atoms with Gasteiger partial charge in [0, 0.05) is 23.8 Å². The molecule has 10 nitrogen and oxygen atoms in total. The average molecular weight is 580 g/mol. The Bertz CT molecular complexity index is 1850. The Morgan fingerprint density at radius 2 is 1.98 bits per heavy atom. The number of non-ortho nitro benzene ring substituents is 1. The zero-order valence-electron chi connectivity index (χ0n) is 21.5. The molecule has 0 saturated carbocycles. The Morgan fingerprint density at radius 3 is 2.65 bits per heavy atom. The molecule has 0 N–H and O–H groups in total. The first-order chi connectivity index (χ1) is 19.2. The monoisotopic (exact) mass is 579 g/mol. The second-order valence-corrected chi connectivity index (χ2v) is 10.1. The molecule has 3 heterocycles. The molecule has 204 valence electrons. The van der Waals surface area contributed by atoms with Crippen LogP contribution in [0.1, 0.15) is 31.2 Å². The van der Waals surface area contributed by atoms with E-state index in [1.54, 1.807) is 63.4 Å². The number of methoxy groups -OCH3 is 1. The number of carbonyl (C=O) groups excluding carboxylic acids is 1. The molecule has 2 aromatic carbocycles. The molecule has 4 aromatic rings. The highest BCUT2D eigenvalue weighted by Gasteiger charge is 2.33. The fraction of sp³-hybridized carbons (Fsp3) is 0.179. The topological polar surface area (TPSA) is 126 Å². The number of rotatable bonds is 7. The van der Waals surface area contributed by atoms with Gasteiger partial charge in [0.1, 0.15) is 17.3 Å². The number of hydrogen-bond donors (Lipinski definition) is 0. The van der Waals surface area contributed by atoms with Crippen molar-refractivity contribution in [2.24, 2.45) is 4.99 Å². The normalized spacial score (nSPS) is 15.0. The van der Waals surface area contributed by atoms with Crippen molar-refractivity contribution in [2.75, 3.05) is 13.7 Å². The lowest BCUT2D eigenvalue weighted by atomic mass is 9.96. The van der Waals surface area contributed by atoms with Crippen LogP contribution in [0.3, 0.4) is 0 Å². The van der Waals surface area contributed by atoms with Crippen LogP contribution in [-0.2, 0) is 9.53 Å². The number of fused-ring (bicyclic) bond motifs is 1. The average Bonchev–Trinajstić information content (AvgIpc) is 3.52. The minimum absolute atomic E-state index is 0.128. The molecular weight excluding hydrogens is 558 g/mol. The standard InChI is InChI=1S/C28H22ClN3O7S/c1-4-38-27(34)24-15(2)30-28-31(25(24)16-5-8-18(37-3)9-6-16)26(33)23(40-28)14-19-10-12-22(39-19)20-13-17(32(35)36)7-11-21(20)29/h5-14,25H,4H2,1-3H3/b23-14+. The molecule has 0 bridgehead atoms. The van der Waals surface area contributed by atoms with Gasteiger partial charge in [-0.05, 0) is 49.7 Å². The van der Waals surface area contributed by atoms with Crippen LogP contribution < -0.4 is 19.6 Å². The van der Waals surface area contributed by atoms with Gasteiger partial charge in [0.15, 0.2) is 4.80 Å². The molecule has 5 rings (SSSR count). The summed E-state index contributed by atoms with van der Waals surface area (Å²) in [6, 6.07) is 13.7. The Morgan fingerprint density at radius 1 is 1.23 bits per heavy atom. The number of nitro benzene ring substituents is 1. The highest BCUT2D eigenvalue weighted by molar-refractivity contribution is 7.07. The summed E-state index contributed by atoms with van der Waals surface area (Å²) in [5.41, 5.74) is 1.26. The third kappa shape index (κ3) is 4.96. The molecule has 0 amide bonds. The van der Waals surface area contributed by atoms with Gasteiger partial charge in [0.25, 0.3) is 11.2 Å². The predicted octanol–water partition coefficient (Wildman–Crippen LogP) is 4.63. The van der Waals surface area contributed by atoms with Crippen LogP contribution in [0.2, 0.25) is 5.02 Å². The molecule has 0 spiro atoms. The summed E-state index contributed by atoms with van der Waals surface area (Å²) in [7, 11) is 1.55. The highest BCUT2D eigenvalue weighted by Crippen LogP contribution is 2.33. The van der Waals surface area contributed by atoms with Gasteiger partial charge in [-0.2, -0.15) is 0 Å². The number of aromatic nitrogens is 1. The molecule has 0 saturated heterocycles. The number of allylic oxidation sites excluding steroid dienone is 1. The van der Waals surface area contributed by atoms with Crippen molar-refractivity contribution in [2.45, 2.75) is 19.9 Å². The van der Waals surface area contributed by atoms with Gasteiger partial charge in [-0.1, -0.05) is 35.1 Å². The van der Waals surface area contributed by atoms with E-state index in [1.807, 2.05) is 0 Å². The number of nitrogens with zero attached hydrogens (tertiary/aromatic N) is 3. The van der Waals surface area contributed by atoms with Crippen molar-refractivity contribution in [1.82, 2.24) is 4.57 Å². The SMILES string of the molecule is CCOC(=O)C1=C(C)N=c2s/c(=C/c3ccc(-c4cc([N+](=O)[O-])ccc4Cl)o3)c(=O)n2C1c1ccc(OC)cc1. The molecular formula is C28H22ClN3O7S. The van der Waals surface area contributed by atoms with Gasteiger partial charge in [-0.25, -0.2) is 9.79 Å². The number of furan rings is 1. The maximum atomic E-state index is 13.8. The zero-order valence-corrected chi connectivity index (χ0v) is 23.1. The predicted molar refractivity (Wildman–Crippen MR) is 149 cm³/mol. The first-order valence-electron chi connectivity index (χ1n) is 12.1. The summed E-state index contributed by atoms with van der Waals surface area (Å²) in [6.45, 7) is 3.59. The number of ether oxygens (including phenoxy) is 2. The van der Waals surface area contributed by atoms with Crippen molar-refractivity contribution < 1.29 is 23.6 Å². The van der Waals surface area contributed by atoms with Crippen LogP contribution in [0, 0.1) is 10.1 Å². The van der Waals surface area contributed by atoms with Crippen molar-refractivity contribution in [3.63, 3.8) is 0 Å². The summed E-state index contributed by atoms with van der Waals surface area (Å²) in [5.74, 6) is 0.727. The van der Waals surface area contributed by atoms with Gasteiger partial charge in [0.05, 0.1) is 45.5 Å². The summed E-state index contributed by atoms with van der Waals surface area (Å²) in [5, 5.41) is 11.5. The lowest BCUT2D eigenvalue weighted by Gasteiger charge is -2.24. The molecule has 1 aliphatic heterocycles. The molecule has 40 heavy (non-hydrogen) atoms. The molecule has 0 radical (unpaired) electrons. The van der Waals surface area contributed by atoms with Crippen LogP contribution in [0.5, 0.6) is 5.75 Å². The fourth-order valence-electron chi connectivity index (χ4n) is 4.41. The lowest BCUT2D eigenvalue weighted by Crippen LogP contribution is -2.39. The minimum Gasteiger partial charge on any atom is -0.497 e. The number of halogens is 1. The molecule has 1 atom stereocenters. The van der Waals surface area contributed by atoms with Crippen LogP contribution in [0.15, 0.2) is 80.1 Å². The Labute approximate surface area is 236 Å². The third-order valence-electron chi connectivity index (χ3n) is 6.27. The fourth-order valence-corrected chi connectivity index (χ4v) is 5.65. The molecule has 2 aromatic heterocycles. The molecule has 1 unspecified atom stereocenters.